The van der Waals surface area contributed by atoms with E-state index in [1.807, 2.05) is 4.90 Å². The largest absolute Gasteiger partial charge is 0.396 e. The molecular formula is C11H15F2N3. The van der Waals surface area contributed by atoms with Crippen LogP contribution in [0.15, 0.2) is 12.1 Å². The van der Waals surface area contributed by atoms with Crippen LogP contribution in [0, 0.1) is 11.6 Å². The first-order chi connectivity index (χ1) is 7.68. The normalized spacial score (nSPS) is 17.6. The Morgan fingerprint density at radius 3 is 2.62 bits per heavy atom. The zero-order chi connectivity index (χ0) is 11.5. The number of hydrogen-bond acceptors (Lipinski definition) is 3. The number of nitrogens with two attached hydrogens (primary N) is 1. The highest BCUT2D eigenvalue weighted by atomic mass is 19.1. The van der Waals surface area contributed by atoms with Crippen molar-refractivity contribution in [3.8, 4) is 0 Å². The van der Waals surface area contributed by atoms with E-state index >= 15 is 0 Å². The van der Waals surface area contributed by atoms with Crippen LogP contribution in [0.1, 0.15) is 5.56 Å². The van der Waals surface area contributed by atoms with Crippen molar-refractivity contribution >= 4 is 5.69 Å². The van der Waals surface area contributed by atoms with Gasteiger partial charge in [0.05, 0.1) is 5.69 Å². The van der Waals surface area contributed by atoms with Crippen molar-refractivity contribution < 1.29 is 8.78 Å². The van der Waals surface area contributed by atoms with Gasteiger partial charge in [0.1, 0.15) is 5.82 Å². The molecule has 1 aromatic carbocycles. The molecule has 0 spiro atoms. The predicted octanol–water partition coefficient (Wildman–Crippen LogP) is 0.952. The molecule has 1 fully saturated rings. The summed E-state index contributed by atoms with van der Waals surface area (Å²) >= 11 is 0. The maximum atomic E-state index is 13.6. The van der Waals surface area contributed by atoms with E-state index in [9.17, 15) is 8.78 Å². The van der Waals surface area contributed by atoms with Gasteiger partial charge in [-0.15, -0.1) is 0 Å². The average Bonchev–Trinajstić information content (AvgIpc) is 2.31. The summed E-state index contributed by atoms with van der Waals surface area (Å²) in [6.45, 7) is 3.59. The third-order valence-electron chi connectivity index (χ3n) is 2.81. The van der Waals surface area contributed by atoms with Gasteiger partial charge in [0, 0.05) is 38.3 Å². The van der Waals surface area contributed by atoms with Crippen molar-refractivity contribution in [1.29, 1.82) is 0 Å². The van der Waals surface area contributed by atoms with Crippen LogP contribution in [0.3, 0.4) is 0 Å². The second kappa shape index (κ2) is 4.76. The summed E-state index contributed by atoms with van der Waals surface area (Å²) in [7, 11) is 0. The van der Waals surface area contributed by atoms with Crippen molar-refractivity contribution in [3.63, 3.8) is 0 Å². The Morgan fingerprint density at radius 2 is 1.94 bits per heavy atom. The average molecular weight is 227 g/mol. The minimum Gasteiger partial charge on any atom is -0.396 e. The molecule has 1 saturated heterocycles. The Labute approximate surface area is 93.2 Å². The molecule has 0 bridgehead atoms. The van der Waals surface area contributed by atoms with Gasteiger partial charge in [-0.3, -0.25) is 4.90 Å². The lowest BCUT2D eigenvalue weighted by Gasteiger charge is -2.27. The lowest BCUT2D eigenvalue weighted by atomic mass is 10.1. The topological polar surface area (TPSA) is 41.3 Å². The van der Waals surface area contributed by atoms with Crippen LogP contribution >= 0.6 is 0 Å². The Balaban J connectivity index is 2.16. The van der Waals surface area contributed by atoms with E-state index in [0.717, 1.165) is 26.2 Å². The van der Waals surface area contributed by atoms with E-state index in [-0.39, 0.29) is 17.8 Å². The maximum absolute atomic E-state index is 13.6. The van der Waals surface area contributed by atoms with Crippen LogP contribution in [0.25, 0.3) is 0 Å². The van der Waals surface area contributed by atoms with Crippen molar-refractivity contribution in [2.45, 2.75) is 6.54 Å². The van der Waals surface area contributed by atoms with Gasteiger partial charge >= 0.3 is 0 Å². The number of benzene rings is 1. The highest BCUT2D eigenvalue weighted by Crippen LogP contribution is 2.20. The molecule has 0 amide bonds. The summed E-state index contributed by atoms with van der Waals surface area (Å²) in [6.07, 6.45) is 0. The van der Waals surface area contributed by atoms with Gasteiger partial charge in [-0.1, -0.05) is 0 Å². The standard InChI is InChI=1S/C11H15F2N3/c12-9-1-2-10(14)11(13)8(9)7-16-5-3-15-4-6-16/h1-2,15H,3-7,14H2. The van der Waals surface area contributed by atoms with E-state index in [1.54, 1.807) is 0 Å². The minimum atomic E-state index is -0.626. The van der Waals surface area contributed by atoms with Crippen LogP contribution in [0.4, 0.5) is 14.5 Å². The minimum absolute atomic E-state index is 0.00605. The number of hydrogen-bond donors (Lipinski definition) is 2. The van der Waals surface area contributed by atoms with Gasteiger partial charge in [0.2, 0.25) is 0 Å². The fourth-order valence-electron chi connectivity index (χ4n) is 1.85. The highest BCUT2D eigenvalue weighted by molar-refractivity contribution is 5.43. The van der Waals surface area contributed by atoms with Gasteiger partial charge in [-0.2, -0.15) is 0 Å². The van der Waals surface area contributed by atoms with Crippen LogP contribution in [-0.4, -0.2) is 31.1 Å². The highest BCUT2D eigenvalue weighted by Gasteiger charge is 2.17. The number of rotatable bonds is 2. The lowest BCUT2D eigenvalue weighted by Crippen LogP contribution is -2.43. The number of nitrogen functional groups attached to an aromatic ring is 1. The van der Waals surface area contributed by atoms with Crippen LogP contribution < -0.4 is 11.1 Å². The SMILES string of the molecule is Nc1ccc(F)c(CN2CCNCC2)c1F. The van der Waals surface area contributed by atoms with Crippen molar-refractivity contribution in [2.24, 2.45) is 0 Å². The smallest absolute Gasteiger partial charge is 0.153 e. The van der Waals surface area contributed by atoms with Gasteiger partial charge in [-0.05, 0) is 12.1 Å². The predicted molar refractivity (Wildman–Crippen MR) is 58.9 cm³/mol. The molecule has 0 saturated carbocycles. The van der Waals surface area contributed by atoms with Crippen LogP contribution in [0.5, 0.6) is 0 Å². The van der Waals surface area contributed by atoms with Crippen molar-refractivity contribution in [1.82, 2.24) is 10.2 Å². The molecule has 1 aromatic rings. The molecule has 1 aliphatic heterocycles. The molecule has 2 rings (SSSR count). The number of halogens is 2. The molecule has 1 heterocycles. The summed E-state index contributed by atoms with van der Waals surface area (Å²) < 4.78 is 27.1. The summed E-state index contributed by atoms with van der Waals surface area (Å²) in [5.74, 6) is -1.15. The second-order valence-electron chi connectivity index (χ2n) is 3.96. The third-order valence-corrected chi connectivity index (χ3v) is 2.81. The maximum Gasteiger partial charge on any atom is 0.153 e. The van der Waals surface area contributed by atoms with Gasteiger partial charge in [0.15, 0.2) is 5.82 Å². The van der Waals surface area contributed by atoms with Crippen molar-refractivity contribution in [3.05, 3.63) is 29.3 Å². The molecule has 0 aliphatic carbocycles. The summed E-state index contributed by atoms with van der Waals surface area (Å²) in [6, 6.07) is 2.47. The molecule has 0 radical (unpaired) electrons. The molecule has 88 valence electrons. The fourth-order valence-corrected chi connectivity index (χ4v) is 1.85. The molecule has 0 atom stereocenters. The molecule has 3 N–H and O–H groups in total. The molecular weight excluding hydrogens is 212 g/mol. The summed E-state index contributed by atoms with van der Waals surface area (Å²) in [5.41, 5.74) is 5.50. The summed E-state index contributed by atoms with van der Waals surface area (Å²) in [4.78, 5) is 2.01. The van der Waals surface area contributed by atoms with E-state index in [1.165, 1.54) is 12.1 Å². The Morgan fingerprint density at radius 1 is 1.25 bits per heavy atom. The monoisotopic (exact) mass is 227 g/mol. The first-order valence-corrected chi connectivity index (χ1v) is 5.34. The molecule has 0 aromatic heterocycles. The molecule has 3 nitrogen and oxygen atoms in total. The Kier molecular flexibility index (Phi) is 3.36. The first-order valence-electron chi connectivity index (χ1n) is 5.34. The zero-order valence-corrected chi connectivity index (χ0v) is 8.97. The number of piperazine rings is 1. The molecule has 5 heteroatoms. The fraction of sp³-hybridized carbons (Fsp3) is 0.455. The lowest BCUT2D eigenvalue weighted by molar-refractivity contribution is 0.227. The molecule has 16 heavy (non-hydrogen) atoms. The zero-order valence-electron chi connectivity index (χ0n) is 8.97. The van der Waals surface area contributed by atoms with E-state index in [0.29, 0.717) is 0 Å². The molecule has 1 aliphatic rings. The van der Waals surface area contributed by atoms with Crippen molar-refractivity contribution in [2.75, 3.05) is 31.9 Å². The van der Waals surface area contributed by atoms with E-state index in [2.05, 4.69) is 5.32 Å². The first kappa shape index (κ1) is 11.3. The Hall–Kier alpha value is -1.20. The third kappa shape index (κ3) is 2.31. The summed E-state index contributed by atoms with van der Waals surface area (Å²) in [5, 5.41) is 3.19. The number of anilines is 1. The quantitative estimate of drug-likeness (QED) is 0.739. The van der Waals surface area contributed by atoms with Gasteiger partial charge in [-0.25, -0.2) is 8.78 Å². The van der Waals surface area contributed by atoms with Gasteiger partial charge < -0.3 is 11.1 Å². The van der Waals surface area contributed by atoms with Crippen LogP contribution in [-0.2, 0) is 6.54 Å². The van der Waals surface area contributed by atoms with E-state index < -0.39 is 11.6 Å². The number of nitrogens with zero attached hydrogens (tertiary/aromatic N) is 1. The second-order valence-corrected chi connectivity index (χ2v) is 3.96. The molecule has 0 unspecified atom stereocenters. The van der Waals surface area contributed by atoms with E-state index in [4.69, 9.17) is 5.73 Å². The number of nitrogens with one attached hydrogen (secondary N) is 1. The van der Waals surface area contributed by atoms with Gasteiger partial charge in [0.25, 0.3) is 0 Å². The Bertz CT molecular complexity index is 376. The van der Waals surface area contributed by atoms with Crippen LogP contribution in [0.2, 0.25) is 0 Å².